The van der Waals surface area contributed by atoms with Crippen LogP contribution < -0.4 is 0 Å². The smallest absolute Gasteiger partial charge is 0.199 e. The third-order valence-electron chi connectivity index (χ3n) is 0.923. The third-order valence-corrected chi connectivity index (χ3v) is 1.68. The molecule has 13 heavy (non-hydrogen) atoms. The monoisotopic (exact) mass is 200 g/mol. The van der Waals surface area contributed by atoms with Gasteiger partial charge in [-0.05, 0) is 6.08 Å². The molecule has 0 radical (unpaired) electrons. The summed E-state index contributed by atoms with van der Waals surface area (Å²) in [6.07, 6.45) is 7.84. The molecule has 0 heterocycles. The third kappa shape index (κ3) is 9.22. The molecule has 0 aliphatic carbocycles. The summed E-state index contributed by atoms with van der Waals surface area (Å²) in [6, 6.07) is 0. The highest BCUT2D eigenvalue weighted by Crippen LogP contribution is 2.35. The highest BCUT2D eigenvalue weighted by Gasteiger charge is 2.00. The van der Waals surface area contributed by atoms with Gasteiger partial charge in [0.1, 0.15) is 0 Å². The first kappa shape index (κ1) is 14.8. The number of rotatable bonds is 4. The van der Waals surface area contributed by atoms with E-state index in [0.717, 1.165) is 0 Å². The molecule has 0 bridgehead atoms. The van der Waals surface area contributed by atoms with Gasteiger partial charge in [0, 0.05) is 5.31 Å². The Bertz CT molecular complexity index is 193. The Morgan fingerprint density at radius 3 is 2.00 bits per heavy atom. The van der Waals surface area contributed by atoms with Gasteiger partial charge in [0.25, 0.3) is 0 Å². The summed E-state index contributed by atoms with van der Waals surface area (Å²) in [5, 5.41) is 0.454. The largest absolute Gasteiger partial charge is 0.347 e. The van der Waals surface area contributed by atoms with Crippen molar-refractivity contribution in [3.63, 3.8) is 0 Å². The number of hydrogen-bond acceptors (Lipinski definition) is 2. The van der Waals surface area contributed by atoms with E-state index in [1.165, 1.54) is 6.08 Å². The topological polar surface area (TPSA) is 40.5 Å². The Labute approximate surface area is 81.5 Å². The Hall–Kier alpha value is -0.690. The average molecular weight is 200 g/mol. The zero-order chi connectivity index (χ0) is 10.7. The zero-order valence-electron chi connectivity index (χ0n) is 8.14. The van der Waals surface area contributed by atoms with E-state index in [0.29, 0.717) is 5.31 Å². The molecule has 2 N–H and O–H groups in total. The molecule has 0 saturated carbocycles. The van der Waals surface area contributed by atoms with Crippen LogP contribution in [0.1, 0.15) is 13.8 Å². The lowest BCUT2D eigenvalue weighted by Gasteiger charge is -2.00. The first-order valence-corrected chi connectivity index (χ1v) is 5.26. The lowest BCUT2D eigenvalue weighted by molar-refractivity contribution is 0.493. The maximum Gasteiger partial charge on any atom is 0.199 e. The minimum absolute atomic E-state index is 0.454. The van der Waals surface area contributed by atoms with E-state index in [1.807, 2.05) is 13.8 Å². The molecular weight excluding hydrogens is 183 g/mol. The van der Waals surface area contributed by atoms with Crippen LogP contribution in [0.15, 0.2) is 48.9 Å². The van der Waals surface area contributed by atoms with Gasteiger partial charge in [-0.3, -0.25) is 0 Å². The van der Waals surface area contributed by atoms with Crippen molar-refractivity contribution < 1.29 is 9.79 Å². The predicted octanol–water partition coefficient (Wildman–Crippen LogP) is 3.12. The van der Waals surface area contributed by atoms with E-state index in [4.69, 9.17) is 9.79 Å². The van der Waals surface area contributed by atoms with Crippen LogP contribution in [0.4, 0.5) is 0 Å². The van der Waals surface area contributed by atoms with E-state index in [1.54, 1.807) is 24.3 Å². The number of allylic oxidation sites excluding steroid dienone is 6. The Balaban J connectivity index is 0. The van der Waals surface area contributed by atoms with Crippen LogP contribution in [-0.2, 0) is 0 Å². The molecule has 0 aromatic heterocycles. The summed E-state index contributed by atoms with van der Waals surface area (Å²) in [5.74, 6) is 0. The summed E-state index contributed by atoms with van der Waals surface area (Å²) in [6.45, 7) is 10.9. The fourth-order valence-electron chi connectivity index (χ4n) is 0.476. The molecule has 0 aliphatic heterocycles. The Kier molecular flexibility index (Phi) is 12.9. The van der Waals surface area contributed by atoms with Crippen molar-refractivity contribution in [2.24, 2.45) is 0 Å². The second kappa shape index (κ2) is 11.3. The SMILES string of the molecule is C=C/C=C\C(=C/C=C)P(O)O.CC. The minimum atomic E-state index is -2.03. The van der Waals surface area contributed by atoms with Crippen molar-refractivity contribution in [3.05, 3.63) is 48.9 Å². The molecule has 0 unspecified atom stereocenters. The van der Waals surface area contributed by atoms with Crippen LogP contribution in [0.25, 0.3) is 0 Å². The molecule has 0 aromatic carbocycles. The van der Waals surface area contributed by atoms with E-state index in [9.17, 15) is 0 Å². The van der Waals surface area contributed by atoms with Crippen LogP contribution in [0.3, 0.4) is 0 Å². The molecule has 0 atom stereocenters. The highest BCUT2D eigenvalue weighted by molar-refractivity contribution is 7.50. The van der Waals surface area contributed by atoms with Gasteiger partial charge in [-0.2, -0.15) is 0 Å². The summed E-state index contributed by atoms with van der Waals surface area (Å²) in [7, 11) is -2.03. The molecule has 0 rings (SSSR count). The van der Waals surface area contributed by atoms with Crippen LogP contribution in [0, 0.1) is 0 Å². The van der Waals surface area contributed by atoms with Gasteiger partial charge in [-0.25, -0.2) is 0 Å². The van der Waals surface area contributed by atoms with Gasteiger partial charge < -0.3 is 9.79 Å². The maximum atomic E-state index is 8.79. The second-order valence-corrected chi connectivity index (χ2v) is 2.81. The lowest BCUT2D eigenvalue weighted by atomic mass is 10.4. The van der Waals surface area contributed by atoms with Gasteiger partial charge in [0.2, 0.25) is 0 Å². The second-order valence-electron chi connectivity index (χ2n) is 1.71. The quantitative estimate of drug-likeness (QED) is 0.540. The highest BCUT2D eigenvalue weighted by atomic mass is 31.2. The predicted molar refractivity (Wildman–Crippen MR) is 60.3 cm³/mol. The van der Waals surface area contributed by atoms with Crippen molar-refractivity contribution in [3.8, 4) is 0 Å². The molecule has 0 aliphatic rings. The summed E-state index contributed by atoms with van der Waals surface area (Å²) in [5.41, 5.74) is 0. The van der Waals surface area contributed by atoms with Gasteiger partial charge in [0.15, 0.2) is 8.38 Å². The Morgan fingerprint density at radius 1 is 1.15 bits per heavy atom. The van der Waals surface area contributed by atoms with Gasteiger partial charge in [0.05, 0.1) is 0 Å². The minimum Gasteiger partial charge on any atom is -0.347 e. The normalized spacial score (nSPS) is 11.0. The van der Waals surface area contributed by atoms with Gasteiger partial charge >= 0.3 is 0 Å². The Morgan fingerprint density at radius 2 is 1.69 bits per heavy atom. The molecule has 2 nitrogen and oxygen atoms in total. The van der Waals surface area contributed by atoms with Crippen molar-refractivity contribution in [1.29, 1.82) is 0 Å². The van der Waals surface area contributed by atoms with Crippen molar-refractivity contribution in [2.75, 3.05) is 0 Å². The molecule has 3 heteroatoms. The molecular formula is C10H17O2P. The fraction of sp³-hybridized carbons (Fsp3) is 0.200. The standard InChI is InChI=1S/C8H11O2P.C2H6/c1-3-5-7-8(6-4-2)11(9)10;1-2/h3-7,9-10H,1-2H2;1-2H3/b7-5-,8-6+;. The van der Waals surface area contributed by atoms with Crippen molar-refractivity contribution in [2.45, 2.75) is 13.8 Å². The molecule has 74 valence electrons. The molecule has 0 fully saturated rings. The summed E-state index contributed by atoms with van der Waals surface area (Å²) >= 11 is 0. The van der Waals surface area contributed by atoms with E-state index < -0.39 is 8.38 Å². The summed E-state index contributed by atoms with van der Waals surface area (Å²) < 4.78 is 0. The van der Waals surface area contributed by atoms with E-state index in [-0.39, 0.29) is 0 Å². The number of hydrogen-bond donors (Lipinski definition) is 2. The van der Waals surface area contributed by atoms with Gasteiger partial charge in [-0.15, -0.1) is 0 Å². The average Bonchev–Trinajstić information content (AvgIpc) is 2.15. The van der Waals surface area contributed by atoms with Crippen LogP contribution in [0.2, 0.25) is 0 Å². The van der Waals surface area contributed by atoms with Crippen molar-refractivity contribution in [1.82, 2.24) is 0 Å². The van der Waals surface area contributed by atoms with E-state index in [2.05, 4.69) is 13.2 Å². The van der Waals surface area contributed by atoms with Crippen LogP contribution in [-0.4, -0.2) is 9.79 Å². The molecule has 0 saturated heterocycles. The van der Waals surface area contributed by atoms with Crippen LogP contribution in [0.5, 0.6) is 0 Å². The molecule has 0 amide bonds. The fourth-order valence-corrected chi connectivity index (χ4v) is 0.934. The lowest BCUT2D eigenvalue weighted by Crippen LogP contribution is -1.73. The van der Waals surface area contributed by atoms with E-state index >= 15 is 0 Å². The van der Waals surface area contributed by atoms with Gasteiger partial charge in [-0.1, -0.05) is 51.3 Å². The zero-order valence-corrected chi connectivity index (χ0v) is 9.04. The summed E-state index contributed by atoms with van der Waals surface area (Å²) in [4.78, 5) is 17.6. The first-order chi connectivity index (χ1) is 6.22. The van der Waals surface area contributed by atoms with Crippen LogP contribution >= 0.6 is 8.38 Å². The molecule has 0 spiro atoms. The van der Waals surface area contributed by atoms with Crippen molar-refractivity contribution >= 4 is 8.38 Å². The first-order valence-electron chi connectivity index (χ1n) is 4.02. The maximum absolute atomic E-state index is 8.79. The molecule has 0 aromatic rings.